The molecule has 2 aromatic rings. The van der Waals surface area contributed by atoms with E-state index in [4.69, 9.17) is 0 Å². The molecule has 3 aliphatic heterocycles. The van der Waals surface area contributed by atoms with E-state index in [-0.39, 0.29) is 0 Å². The van der Waals surface area contributed by atoms with Crippen molar-refractivity contribution in [1.29, 1.82) is 0 Å². The minimum atomic E-state index is -4.39. The number of nitrogens with zero attached hydrogens (tertiary/aromatic N) is 5. The summed E-state index contributed by atoms with van der Waals surface area (Å²) in [5.41, 5.74) is -0.0324. The summed E-state index contributed by atoms with van der Waals surface area (Å²) in [6.45, 7) is 6.56. The highest BCUT2D eigenvalue weighted by Crippen LogP contribution is 2.38. The van der Waals surface area contributed by atoms with Crippen molar-refractivity contribution in [3.63, 3.8) is 0 Å². The highest BCUT2D eigenvalue weighted by atomic mass is 32.1. The number of pyridine rings is 1. The molecular formula is C17H20F3N5S. The van der Waals surface area contributed by atoms with Gasteiger partial charge in [0.05, 0.1) is 0 Å². The van der Waals surface area contributed by atoms with Gasteiger partial charge in [0.25, 0.3) is 0 Å². The van der Waals surface area contributed by atoms with Gasteiger partial charge in [-0.25, -0.2) is 4.98 Å². The van der Waals surface area contributed by atoms with Gasteiger partial charge in [0.15, 0.2) is 0 Å². The Balaban J connectivity index is 1.38. The van der Waals surface area contributed by atoms with Crippen LogP contribution >= 0.6 is 11.5 Å². The average molecular weight is 383 g/mol. The van der Waals surface area contributed by atoms with Crippen molar-refractivity contribution in [2.24, 2.45) is 0 Å². The lowest BCUT2D eigenvalue weighted by Crippen LogP contribution is -2.68. The summed E-state index contributed by atoms with van der Waals surface area (Å²) in [6, 6.07) is 3.39. The lowest BCUT2D eigenvalue weighted by molar-refractivity contribution is -0.141. The molecule has 2 aromatic heterocycles. The summed E-state index contributed by atoms with van der Waals surface area (Å²) in [7, 11) is 0. The Labute approximate surface area is 154 Å². The van der Waals surface area contributed by atoms with Crippen molar-refractivity contribution in [3.8, 4) is 0 Å². The van der Waals surface area contributed by atoms with Crippen LogP contribution in [0.1, 0.15) is 43.3 Å². The summed E-state index contributed by atoms with van der Waals surface area (Å²) in [6.07, 6.45) is -1.92. The van der Waals surface area contributed by atoms with Crippen LogP contribution in [-0.2, 0) is 12.7 Å². The van der Waals surface area contributed by atoms with Crippen LogP contribution in [0.2, 0.25) is 0 Å². The zero-order chi connectivity index (χ0) is 18.5. The first kappa shape index (κ1) is 17.7. The van der Waals surface area contributed by atoms with E-state index in [1.54, 1.807) is 0 Å². The Hall–Kier alpha value is -1.74. The van der Waals surface area contributed by atoms with Crippen LogP contribution in [0, 0.1) is 0 Å². The van der Waals surface area contributed by atoms with Crippen molar-refractivity contribution < 1.29 is 13.2 Å². The SMILES string of the molecule is CC(C)c1nsc(N2C3CC2CN(Cc2ccc(C(F)(F)F)nc2)C3)n1. The smallest absolute Gasteiger partial charge is 0.338 e. The first-order chi connectivity index (χ1) is 12.3. The van der Waals surface area contributed by atoms with Crippen LogP contribution in [0.4, 0.5) is 18.3 Å². The molecule has 3 aliphatic rings. The third-order valence-corrected chi connectivity index (χ3v) is 5.70. The van der Waals surface area contributed by atoms with Gasteiger partial charge in [-0.05, 0) is 18.1 Å². The van der Waals surface area contributed by atoms with E-state index < -0.39 is 11.9 Å². The Morgan fingerprint density at radius 2 is 1.96 bits per heavy atom. The summed E-state index contributed by atoms with van der Waals surface area (Å²) >= 11 is 1.46. The zero-order valence-electron chi connectivity index (χ0n) is 14.6. The summed E-state index contributed by atoms with van der Waals surface area (Å²) in [5, 5.41) is 0.991. The number of rotatable bonds is 4. The van der Waals surface area contributed by atoms with Crippen LogP contribution < -0.4 is 4.90 Å². The molecule has 0 radical (unpaired) electrons. The lowest BCUT2D eigenvalue weighted by Gasteiger charge is -2.56. The van der Waals surface area contributed by atoms with Crippen molar-refractivity contribution in [2.45, 2.75) is 51.0 Å². The number of hydrogen-bond donors (Lipinski definition) is 0. The van der Waals surface area contributed by atoms with E-state index in [9.17, 15) is 13.2 Å². The van der Waals surface area contributed by atoms with Crippen LogP contribution in [-0.4, -0.2) is 44.4 Å². The molecule has 2 unspecified atom stereocenters. The maximum Gasteiger partial charge on any atom is 0.433 e. The molecule has 5 nitrogen and oxygen atoms in total. The molecule has 3 fully saturated rings. The van der Waals surface area contributed by atoms with Crippen LogP contribution in [0.5, 0.6) is 0 Å². The molecule has 5 heterocycles. The summed E-state index contributed by atoms with van der Waals surface area (Å²) in [4.78, 5) is 12.8. The van der Waals surface area contributed by atoms with E-state index in [1.165, 1.54) is 23.8 Å². The third-order valence-electron chi connectivity index (χ3n) is 4.96. The van der Waals surface area contributed by atoms with Crippen molar-refractivity contribution in [3.05, 3.63) is 35.4 Å². The van der Waals surface area contributed by atoms with Gasteiger partial charge in [-0.2, -0.15) is 17.5 Å². The van der Waals surface area contributed by atoms with Crippen LogP contribution in [0.3, 0.4) is 0 Å². The number of fused-ring (bicyclic) bond motifs is 2. The highest BCUT2D eigenvalue weighted by molar-refractivity contribution is 7.09. The van der Waals surface area contributed by atoms with Gasteiger partial charge in [0.2, 0.25) is 5.13 Å². The highest BCUT2D eigenvalue weighted by Gasteiger charge is 2.46. The van der Waals surface area contributed by atoms with E-state index >= 15 is 0 Å². The number of hydrogen-bond acceptors (Lipinski definition) is 6. The quantitative estimate of drug-likeness (QED) is 0.808. The third kappa shape index (κ3) is 3.29. The van der Waals surface area contributed by atoms with Crippen molar-refractivity contribution >= 4 is 16.7 Å². The Morgan fingerprint density at radius 1 is 1.23 bits per heavy atom. The standard InChI is InChI=1S/C17H20F3N5S/c1-10(2)15-22-16(26-23-15)25-12-5-13(25)9-24(8-12)7-11-3-4-14(21-6-11)17(18,19)20/h3-4,6,10,12-13H,5,7-9H2,1-2H3. The molecule has 0 amide bonds. The first-order valence-electron chi connectivity index (χ1n) is 8.67. The number of piperazine rings is 1. The van der Waals surface area contributed by atoms with Crippen molar-refractivity contribution in [1.82, 2.24) is 19.2 Å². The molecule has 0 saturated carbocycles. The van der Waals surface area contributed by atoms with Gasteiger partial charge >= 0.3 is 6.18 Å². The largest absolute Gasteiger partial charge is 0.433 e. The molecule has 0 aliphatic carbocycles. The lowest BCUT2D eigenvalue weighted by atomic mass is 9.88. The zero-order valence-corrected chi connectivity index (χ0v) is 15.4. The monoisotopic (exact) mass is 383 g/mol. The average Bonchev–Trinajstić information content (AvgIpc) is 3.04. The number of alkyl halides is 3. The minimum Gasteiger partial charge on any atom is -0.338 e. The summed E-state index contributed by atoms with van der Waals surface area (Å²) < 4.78 is 42.2. The van der Waals surface area contributed by atoms with Gasteiger partial charge in [-0.15, -0.1) is 0 Å². The fraction of sp³-hybridized carbons (Fsp3) is 0.588. The number of piperidine rings is 1. The van der Waals surface area contributed by atoms with Crippen LogP contribution in [0.25, 0.3) is 0 Å². The molecule has 5 rings (SSSR count). The molecule has 0 aromatic carbocycles. The van der Waals surface area contributed by atoms with Gasteiger partial charge in [-0.3, -0.25) is 9.88 Å². The number of halogens is 3. The fourth-order valence-electron chi connectivity index (χ4n) is 3.65. The van der Waals surface area contributed by atoms with Gasteiger partial charge < -0.3 is 4.90 Å². The molecule has 3 saturated heterocycles. The van der Waals surface area contributed by atoms with Gasteiger partial charge in [0.1, 0.15) is 11.5 Å². The van der Waals surface area contributed by atoms with E-state index in [2.05, 4.69) is 38.0 Å². The maximum atomic E-state index is 12.6. The molecular weight excluding hydrogens is 363 g/mol. The molecule has 9 heteroatoms. The predicted octanol–water partition coefficient (Wildman–Crippen LogP) is 3.54. The number of aromatic nitrogens is 3. The normalized spacial score (nSPS) is 23.4. The van der Waals surface area contributed by atoms with Crippen LogP contribution in [0.15, 0.2) is 18.3 Å². The molecule has 140 valence electrons. The topological polar surface area (TPSA) is 45.2 Å². The second-order valence-electron chi connectivity index (χ2n) is 7.28. The van der Waals surface area contributed by atoms with Gasteiger partial charge in [-0.1, -0.05) is 19.9 Å². The maximum absolute atomic E-state index is 12.6. The van der Waals surface area contributed by atoms with Gasteiger partial charge in [0, 0.05) is 55.4 Å². The second-order valence-corrected chi connectivity index (χ2v) is 8.01. The Morgan fingerprint density at radius 3 is 2.50 bits per heavy atom. The molecule has 0 spiro atoms. The van der Waals surface area contributed by atoms with Crippen molar-refractivity contribution in [2.75, 3.05) is 18.0 Å². The molecule has 2 bridgehead atoms. The van der Waals surface area contributed by atoms with E-state index in [0.29, 0.717) is 24.5 Å². The summed E-state index contributed by atoms with van der Waals surface area (Å²) in [5.74, 6) is 1.22. The predicted molar refractivity (Wildman–Crippen MR) is 93.2 cm³/mol. The first-order valence-corrected chi connectivity index (χ1v) is 9.45. The molecule has 26 heavy (non-hydrogen) atoms. The Kier molecular flexibility index (Phi) is 4.38. The Bertz CT molecular complexity index is 761. The molecule has 0 N–H and O–H groups in total. The van der Waals surface area contributed by atoms with E-state index in [0.717, 1.165) is 42.1 Å². The van der Waals surface area contributed by atoms with E-state index in [1.807, 2.05) is 0 Å². The number of anilines is 1. The fourth-order valence-corrected chi connectivity index (χ4v) is 4.60. The molecule has 2 atom stereocenters. The second kappa shape index (κ2) is 6.45. The minimum absolute atomic E-state index is 0.324.